The Bertz CT molecular complexity index is 889. The molecule has 0 amide bonds. The standard InChI is InChI=1S/C18H14O4/c1-11(20)17-16(13-8-6-12(10-19)7-9-13)14-4-2-3-5-15(14)18(21)22-17/h2-11,20H,1H3. The molecule has 0 aliphatic heterocycles. The van der Waals surface area contributed by atoms with Crippen LogP contribution in [0, 0.1) is 0 Å². The number of hydrogen-bond donors (Lipinski definition) is 1. The maximum Gasteiger partial charge on any atom is 0.343 e. The molecule has 3 aromatic rings. The van der Waals surface area contributed by atoms with Gasteiger partial charge in [-0.05, 0) is 18.6 Å². The van der Waals surface area contributed by atoms with Gasteiger partial charge < -0.3 is 9.52 Å². The van der Waals surface area contributed by atoms with Crippen molar-refractivity contribution in [2.24, 2.45) is 0 Å². The first-order chi connectivity index (χ1) is 10.6. The van der Waals surface area contributed by atoms with Crippen LogP contribution in [0.15, 0.2) is 57.7 Å². The number of aliphatic hydroxyl groups is 1. The Labute approximate surface area is 126 Å². The van der Waals surface area contributed by atoms with Crippen molar-refractivity contribution in [3.05, 3.63) is 70.3 Å². The summed E-state index contributed by atoms with van der Waals surface area (Å²) in [6.45, 7) is 1.55. The molecule has 2 aromatic carbocycles. The van der Waals surface area contributed by atoms with Crippen molar-refractivity contribution in [2.75, 3.05) is 0 Å². The van der Waals surface area contributed by atoms with Crippen molar-refractivity contribution in [1.82, 2.24) is 0 Å². The van der Waals surface area contributed by atoms with Crippen LogP contribution in [0.4, 0.5) is 0 Å². The normalized spacial score (nSPS) is 12.3. The van der Waals surface area contributed by atoms with E-state index in [1.165, 1.54) is 0 Å². The molecule has 4 nitrogen and oxygen atoms in total. The summed E-state index contributed by atoms with van der Waals surface area (Å²) in [6, 6.07) is 14.0. The molecule has 0 aliphatic carbocycles. The van der Waals surface area contributed by atoms with E-state index in [1.54, 1.807) is 43.3 Å². The van der Waals surface area contributed by atoms with Crippen LogP contribution in [0.5, 0.6) is 0 Å². The Morgan fingerprint density at radius 2 is 1.68 bits per heavy atom. The van der Waals surface area contributed by atoms with Crippen LogP contribution >= 0.6 is 0 Å². The van der Waals surface area contributed by atoms with Crippen molar-refractivity contribution in [3.63, 3.8) is 0 Å². The van der Waals surface area contributed by atoms with E-state index in [-0.39, 0.29) is 5.76 Å². The summed E-state index contributed by atoms with van der Waals surface area (Å²) >= 11 is 0. The number of hydrogen-bond acceptors (Lipinski definition) is 4. The molecule has 0 saturated heterocycles. The van der Waals surface area contributed by atoms with Gasteiger partial charge in [0, 0.05) is 16.5 Å². The van der Waals surface area contributed by atoms with E-state index < -0.39 is 11.7 Å². The summed E-state index contributed by atoms with van der Waals surface area (Å²) in [7, 11) is 0. The predicted molar refractivity (Wildman–Crippen MR) is 83.9 cm³/mol. The van der Waals surface area contributed by atoms with E-state index in [4.69, 9.17) is 4.42 Å². The van der Waals surface area contributed by atoms with Crippen LogP contribution in [0.1, 0.15) is 29.1 Å². The van der Waals surface area contributed by atoms with Gasteiger partial charge in [-0.3, -0.25) is 4.79 Å². The first kappa shape index (κ1) is 14.2. The van der Waals surface area contributed by atoms with Gasteiger partial charge in [0.25, 0.3) is 0 Å². The molecule has 0 bridgehead atoms. The molecule has 0 radical (unpaired) electrons. The highest BCUT2D eigenvalue weighted by molar-refractivity contribution is 5.97. The third-order valence-electron chi connectivity index (χ3n) is 3.58. The fourth-order valence-electron chi connectivity index (χ4n) is 2.54. The molecule has 1 aromatic heterocycles. The maximum atomic E-state index is 12.1. The highest BCUT2D eigenvalue weighted by Crippen LogP contribution is 2.33. The average molecular weight is 294 g/mol. The van der Waals surface area contributed by atoms with E-state index in [9.17, 15) is 14.7 Å². The molecular formula is C18H14O4. The summed E-state index contributed by atoms with van der Waals surface area (Å²) in [5.74, 6) is 0.225. The average Bonchev–Trinajstić information content (AvgIpc) is 2.55. The molecule has 0 spiro atoms. The molecule has 110 valence electrons. The molecule has 1 N–H and O–H groups in total. The molecule has 1 unspecified atom stereocenters. The molecule has 1 heterocycles. The van der Waals surface area contributed by atoms with Gasteiger partial charge in [-0.1, -0.05) is 42.5 Å². The molecule has 22 heavy (non-hydrogen) atoms. The topological polar surface area (TPSA) is 67.5 Å². The second-order valence-electron chi connectivity index (χ2n) is 5.09. The van der Waals surface area contributed by atoms with Crippen LogP contribution in [-0.4, -0.2) is 11.4 Å². The summed E-state index contributed by atoms with van der Waals surface area (Å²) < 4.78 is 5.32. The molecule has 0 saturated carbocycles. The molecular weight excluding hydrogens is 280 g/mol. The van der Waals surface area contributed by atoms with Crippen molar-refractivity contribution in [2.45, 2.75) is 13.0 Å². The fourth-order valence-corrected chi connectivity index (χ4v) is 2.54. The zero-order valence-electron chi connectivity index (χ0n) is 11.9. The number of carbonyl (C=O) groups is 1. The predicted octanol–water partition coefficient (Wildman–Crippen LogP) is 3.33. The highest BCUT2D eigenvalue weighted by atomic mass is 16.4. The highest BCUT2D eigenvalue weighted by Gasteiger charge is 2.18. The number of fused-ring (bicyclic) bond motifs is 1. The third kappa shape index (κ3) is 2.34. The molecule has 1 atom stereocenters. The van der Waals surface area contributed by atoms with Gasteiger partial charge in [-0.15, -0.1) is 0 Å². The van der Waals surface area contributed by atoms with Gasteiger partial charge >= 0.3 is 5.63 Å². The van der Waals surface area contributed by atoms with E-state index in [1.807, 2.05) is 12.1 Å². The van der Waals surface area contributed by atoms with Gasteiger partial charge in [0.1, 0.15) is 18.2 Å². The Morgan fingerprint density at radius 3 is 2.27 bits per heavy atom. The van der Waals surface area contributed by atoms with Gasteiger partial charge in [0.05, 0.1) is 5.39 Å². The van der Waals surface area contributed by atoms with E-state index in [2.05, 4.69) is 0 Å². The summed E-state index contributed by atoms with van der Waals surface area (Å²) in [6.07, 6.45) is -0.152. The summed E-state index contributed by atoms with van der Waals surface area (Å²) in [5, 5.41) is 11.1. The number of aldehydes is 1. The van der Waals surface area contributed by atoms with E-state index in [0.29, 0.717) is 21.9 Å². The van der Waals surface area contributed by atoms with Crippen molar-refractivity contribution >= 4 is 17.1 Å². The van der Waals surface area contributed by atoms with Crippen LogP contribution in [0.2, 0.25) is 0 Å². The van der Waals surface area contributed by atoms with Crippen LogP contribution in [0.3, 0.4) is 0 Å². The van der Waals surface area contributed by atoms with E-state index >= 15 is 0 Å². The quantitative estimate of drug-likeness (QED) is 0.752. The first-order valence-electron chi connectivity index (χ1n) is 6.91. The number of aliphatic hydroxyl groups excluding tert-OH is 1. The zero-order chi connectivity index (χ0) is 15.7. The summed E-state index contributed by atoms with van der Waals surface area (Å²) in [5.41, 5.74) is 1.54. The lowest BCUT2D eigenvalue weighted by molar-refractivity contribution is 0.112. The smallest absolute Gasteiger partial charge is 0.343 e. The van der Waals surface area contributed by atoms with Gasteiger partial charge in [0.2, 0.25) is 0 Å². The minimum absolute atomic E-state index is 0.225. The zero-order valence-corrected chi connectivity index (χ0v) is 11.9. The number of carbonyl (C=O) groups excluding carboxylic acids is 1. The lowest BCUT2D eigenvalue weighted by atomic mass is 9.96. The lowest BCUT2D eigenvalue weighted by Crippen LogP contribution is -2.07. The molecule has 4 heteroatoms. The summed E-state index contributed by atoms with van der Waals surface area (Å²) in [4.78, 5) is 22.9. The Morgan fingerprint density at radius 1 is 1.05 bits per heavy atom. The fraction of sp³-hybridized carbons (Fsp3) is 0.111. The Hall–Kier alpha value is -2.72. The monoisotopic (exact) mass is 294 g/mol. The van der Waals surface area contributed by atoms with Crippen molar-refractivity contribution in [3.8, 4) is 11.1 Å². The lowest BCUT2D eigenvalue weighted by Gasteiger charge is -2.13. The van der Waals surface area contributed by atoms with E-state index in [0.717, 1.165) is 11.8 Å². The second-order valence-corrected chi connectivity index (χ2v) is 5.09. The molecule has 3 rings (SSSR count). The van der Waals surface area contributed by atoms with Crippen molar-refractivity contribution < 1.29 is 14.3 Å². The first-order valence-corrected chi connectivity index (χ1v) is 6.91. The SMILES string of the molecule is CC(O)c1oc(=O)c2ccccc2c1-c1ccc(C=O)cc1. The number of rotatable bonds is 3. The van der Waals surface area contributed by atoms with Crippen LogP contribution in [0.25, 0.3) is 21.9 Å². The van der Waals surface area contributed by atoms with Gasteiger partial charge in [-0.25, -0.2) is 4.79 Å². The largest absolute Gasteiger partial charge is 0.424 e. The van der Waals surface area contributed by atoms with Gasteiger partial charge in [0.15, 0.2) is 0 Å². The maximum absolute atomic E-state index is 12.1. The Kier molecular flexibility index (Phi) is 3.61. The minimum atomic E-state index is -0.918. The third-order valence-corrected chi connectivity index (χ3v) is 3.58. The van der Waals surface area contributed by atoms with Crippen LogP contribution < -0.4 is 5.63 Å². The van der Waals surface area contributed by atoms with Crippen molar-refractivity contribution in [1.29, 1.82) is 0 Å². The second kappa shape index (κ2) is 5.58. The Balaban J connectivity index is 2.38. The number of benzene rings is 2. The van der Waals surface area contributed by atoms with Crippen LogP contribution in [-0.2, 0) is 0 Å². The molecule has 0 aliphatic rings. The van der Waals surface area contributed by atoms with Gasteiger partial charge in [-0.2, -0.15) is 0 Å². The molecule has 0 fully saturated rings. The minimum Gasteiger partial charge on any atom is -0.424 e.